The quantitative estimate of drug-likeness (QED) is 0.213. The van der Waals surface area contributed by atoms with Crippen LogP contribution in [0, 0.1) is 48.3 Å². The number of nitrogens with two attached hydrogens (primary N) is 1. The van der Waals surface area contributed by atoms with Gasteiger partial charge in [-0.3, -0.25) is 25.5 Å². The second kappa shape index (κ2) is 12.1. The number of fused-ring (bicyclic) bond motifs is 1. The zero-order valence-corrected chi connectivity index (χ0v) is 23.3. The number of halogens is 1. The molecule has 198 valence electrons. The van der Waals surface area contributed by atoms with Crippen LogP contribution in [0.5, 0.6) is 0 Å². The Morgan fingerprint density at radius 1 is 1.23 bits per heavy atom. The first-order chi connectivity index (χ1) is 18.7. The molecule has 10 heteroatoms. The number of hydrogen-bond donors (Lipinski definition) is 4. The van der Waals surface area contributed by atoms with E-state index in [4.69, 9.17) is 37.6 Å². The summed E-state index contributed by atoms with van der Waals surface area (Å²) in [7, 11) is 0. The number of nitrogens with zero attached hydrogens (tertiary/aromatic N) is 2. The van der Waals surface area contributed by atoms with Crippen molar-refractivity contribution in [1.29, 1.82) is 10.8 Å². The number of furan rings is 1. The molecule has 0 saturated heterocycles. The van der Waals surface area contributed by atoms with Crippen LogP contribution in [0.15, 0.2) is 46.0 Å². The van der Waals surface area contributed by atoms with Crippen molar-refractivity contribution < 1.29 is 9.21 Å². The minimum absolute atomic E-state index is 0.0638. The number of anilines is 1. The van der Waals surface area contributed by atoms with Gasteiger partial charge in [-0.1, -0.05) is 41.5 Å². The van der Waals surface area contributed by atoms with Gasteiger partial charge in [0.15, 0.2) is 5.76 Å². The van der Waals surface area contributed by atoms with Crippen molar-refractivity contribution >= 4 is 51.2 Å². The summed E-state index contributed by atoms with van der Waals surface area (Å²) in [6.45, 7) is 5.96. The molecule has 0 spiro atoms. The minimum atomic E-state index is -0.813. The molecule has 39 heavy (non-hydrogen) atoms. The van der Waals surface area contributed by atoms with E-state index in [9.17, 15) is 4.79 Å². The highest BCUT2D eigenvalue weighted by molar-refractivity contribution is 7.17. The Labute approximate surface area is 236 Å². The van der Waals surface area contributed by atoms with Crippen molar-refractivity contribution in [2.75, 3.05) is 18.0 Å². The average molecular weight is 559 g/mol. The number of aliphatic imine (C=N–C) groups is 1. The highest BCUT2D eigenvalue weighted by atomic mass is 35.5. The van der Waals surface area contributed by atoms with Gasteiger partial charge in [0.1, 0.15) is 22.7 Å². The second-order valence-corrected chi connectivity index (χ2v) is 10.4. The summed E-state index contributed by atoms with van der Waals surface area (Å²) in [6.07, 6.45) is 1.42. The Hall–Kier alpha value is -4.15. The summed E-state index contributed by atoms with van der Waals surface area (Å²) in [6, 6.07) is 8.22. The number of nitrogens with one attached hydrogen (secondary N) is 3. The molecular weight excluding hydrogens is 532 g/mol. The monoisotopic (exact) mass is 558 g/mol. The summed E-state index contributed by atoms with van der Waals surface area (Å²) < 4.78 is 5.35. The number of carbonyl (C=O) groups is 1. The molecule has 1 aliphatic rings. The Kier molecular flexibility index (Phi) is 8.68. The Morgan fingerprint density at radius 3 is 2.67 bits per heavy atom. The Balaban J connectivity index is 1.61. The van der Waals surface area contributed by atoms with Gasteiger partial charge in [-0.25, -0.2) is 0 Å². The predicted molar refractivity (Wildman–Crippen MR) is 157 cm³/mol. The van der Waals surface area contributed by atoms with Gasteiger partial charge < -0.3 is 15.5 Å². The molecule has 1 aliphatic heterocycles. The third-order valence-electron chi connectivity index (χ3n) is 6.05. The van der Waals surface area contributed by atoms with Crippen LogP contribution in [-0.2, 0) is 4.79 Å². The zero-order valence-electron chi connectivity index (χ0n) is 21.7. The number of thiophene rings is 1. The Bertz CT molecular complexity index is 1590. The summed E-state index contributed by atoms with van der Waals surface area (Å²) in [5, 5.41) is 21.5. The number of rotatable bonds is 4. The van der Waals surface area contributed by atoms with Crippen LogP contribution in [0.4, 0.5) is 5.00 Å². The molecule has 0 aliphatic carbocycles. The van der Waals surface area contributed by atoms with E-state index in [1.54, 1.807) is 30.0 Å². The standard InChI is InChI=1S/C29H27ClN6O2S/c1-17-18(2)39-29-26(17)27(21-8-10-22(30)11-9-21)35-23(28(33)36(29)19(3)32)16-25(37)34-14-5-7-24-20(6-4-13-31)12-15-38-24/h8-12,15,23,32-33H,13-14,16,31H2,1-3H3,(H,34,37)/t23-/m0/s1. The average Bonchev–Trinajstić information content (AvgIpc) is 3.43. The molecule has 1 aromatic carbocycles. The number of carbonyl (C=O) groups excluding carboxylic acids is 1. The number of benzene rings is 1. The number of amidine groups is 2. The van der Waals surface area contributed by atoms with Gasteiger partial charge in [-0.05, 0) is 50.5 Å². The van der Waals surface area contributed by atoms with Gasteiger partial charge in [0, 0.05) is 21.0 Å². The smallest absolute Gasteiger partial charge is 0.223 e. The van der Waals surface area contributed by atoms with Crippen molar-refractivity contribution in [3.05, 3.63) is 74.5 Å². The van der Waals surface area contributed by atoms with E-state index in [0.29, 0.717) is 22.1 Å². The van der Waals surface area contributed by atoms with E-state index in [2.05, 4.69) is 29.0 Å². The molecule has 3 aromatic rings. The van der Waals surface area contributed by atoms with Crippen molar-refractivity contribution in [1.82, 2.24) is 5.32 Å². The summed E-state index contributed by atoms with van der Waals surface area (Å²) in [5.41, 5.74) is 9.42. The molecular formula is C29H27ClN6O2S. The zero-order chi connectivity index (χ0) is 28.1. The highest BCUT2D eigenvalue weighted by Crippen LogP contribution is 2.40. The van der Waals surface area contributed by atoms with Crippen LogP contribution in [0.3, 0.4) is 0 Å². The van der Waals surface area contributed by atoms with Gasteiger partial charge in [0.05, 0.1) is 37.0 Å². The lowest BCUT2D eigenvalue weighted by Crippen LogP contribution is -2.42. The van der Waals surface area contributed by atoms with Crippen LogP contribution in [0.2, 0.25) is 5.02 Å². The maximum Gasteiger partial charge on any atom is 0.223 e. The first-order valence-corrected chi connectivity index (χ1v) is 13.3. The highest BCUT2D eigenvalue weighted by Gasteiger charge is 2.34. The molecule has 1 amide bonds. The SMILES string of the molecule is CC(=N)N1C(=N)[C@H](CC(=O)NCC#Cc2occc2C#CCN)N=C(c2ccc(Cl)cc2)c2c1sc(C)c2C. The third kappa shape index (κ3) is 6.13. The molecule has 0 radical (unpaired) electrons. The number of aryl methyl sites for hydroxylation is 1. The van der Waals surface area contributed by atoms with Crippen molar-refractivity contribution in [3.63, 3.8) is 0 Å². The first kappa shape index (κ1) is 27.9. The topological polar surface area (TPSA) is 132 Å². The second-order valence-electron chi connectivity index (χ2n) is 8.72. The van der Waals surface area contributed by atoms with Crippen LogP contribution < -0.4 is 16.0 Å². The van der Waals surface area contributed by atoms with Gasteiger partial charge in [-0.15, -0.1) is 11.3 Å². The largest absolute Gasteiger partial charge is 0.455 e. The fourth-order valence-corrected chi connectivity index (χ4v) is 5.40. The molecule has 5 N–H and O–H groups in total. The van der Waals surface area contributed by atoms with Crippen LogP contribution in [0.25, 0.3) is 0 Å². The molecule has 0 unspecified atom stereocenters. The number of hydrogen-bond acceptors (Lipinski definition) is 7. The van der Waals surface area contributed by atoms with Crippen molar-refractivity contribution in [2.24, 2.45) is 10.7 Å². The molecule has 3 heterocycles. The van der Waals surface area contributed by atoms with Gasteiger partial charge in [-0.2, -0.15) is 0 Å². The molecule has 2 aromatic heterocycles. The lowest BCUT2D eigenvalue weighted by molar-refractivity contribution is -0.120. The predicted octanol–water partition coefficient (Wildman–Crippen LogP) is 4.48. The fraction of sp³-hybridized carbons (Fsp3) is 0.241. The van der Waals surface area contributed by atoms with E-state index in [1.807, 2.05) is 26.0 Å². The maximum absolute atomic E-state index is 12.9. The van der Waals surface area contributed by atoms with E-state index < -0.39 is 6.04 Å². The van der Waals surface area contributed by atoms with Crippen molar-refractivity contribution in [2.45, 2.75) is 33.2 Å². The fourth-order valence-electron chi connectivity index (χ4n) is 4.05. The molecule has 4 rings (SSSR count). The summed E-state index contributed by atoms with van der Waals surface area (Å²) in [4.78, 5) is 20.5. The maximum atomic E-state index is 12.9. The van der Waals surface area contributed by atoms with Crippen LogP contribution >= 0.6 is 22.9 Å². The van der Waals surface area contributed by atoms with Gasteiger partial charge >= 0.3 is 0 Å². The Morgan fingerprint density at radius 2 is 1.97 bits per heavy atom. The molecule has 0 saturated carbocycles. The third-order valence-corrected chi connectivity index (χ3v) is 7.49. The van der Waals surface area contributed by atoms with Gasteiger partial charge in [0.2, 0.25) is 5.91 Å². The van der Waals surface area contributed by atoms with Crippen molar-refractivity contribution in [3.8, 4) is 23.7 Å². The lowest BCUT2D eigenvalue weighted by Gasteiger charge is -2.24. The molecule has 8 nitrogen and oxygen atoms in total. The molecule has 0 fully saturated rings. The van der Waals surface area contributed by atoms with Gasteiger partial charge in [0.25, 0.3) is 0 Å². The van der Waals surface area contributed by atoms with E-state index in [-0.39, 0.29) is 37.1 Å². The van der Waals surface area contributed by atoms with E-state index >= 15 is 0 Å². The molecule has 0 bridgehead atoms. The number of amides is 1. The summed E-state index contributed by atoms with van der Waals surface area (Å²) in [5.74, 6) is 11.7. The van der Waals surface area contributed by atoms with Crippen LogP contribution in [0.1, 0.15) is 46.2 Å². The van der Waals surface area contributed by atoms with E-state index in [1.165, 1.54) is 17.6 Å². The minimum Gasteiger partial charge on any atom is -0.455 e. The molecule has 1 atom stereocenters. The van der Waals surface area contributed by atoms with E-state index in [0.717, 1.165) is 26.6 Å². The normalized spacial score (nSPS) is 14.3. The summed E-state index contributed by atoms with van der Waals surface area (Å²) >= 11 is 7.65. The first-order valence-electron chi connectivity index (χ1n) is 12.1. The van der Waals surface area contributed by atoms with Crippen LogP contribution in [-0.4, -0.2) is 42.4 Å². The lowest BCUT2D eigenvalue weighted by atomic mass is 9.99.